The van der Waals surface area contributed by atoms with Crippen molar-refractivity contribution in [3.8, 4) is 16.9 Å². The van der Waals surface area contributed by atoms with E-state index in [9.17, 15) is 9.90 Å². The summed E-state index contributed by atoms with van der Waals surface area (Å²) in [5, 5.41) is 17.6. The van der Waals surface area contributed by atoms with E-state index in [1.54, 1.807) is 24.3 Å². The molecule has 1 N–H and O–H groups in total. The summed E-state index contributed by atoms with van der Waals surface area (Å²) in [5.41, 5.74) is 2.63. The molecule has 0 unspecified atom stereocenters. The number of hydrogen-bond donors (Lipinski definition) is 1. The Morgan fingerprint density at radius 3 is 2.45 bits per heavy atom. The summed E-state index contributed by atoms with van der Waals surface area (Å²) in [5.74, 6) is -1.15. The minimum absolute atomic E-state index is 0.131. The Kier molecular flexibility index (Phi) is 3.65. The molecule has 0 atom stereocenters. The Labute approximate surface area is 131 Å². The molecule has 0 aliphatic carbocycles. The zero-order chi connectivity index (χ0) is 15.7. The maximum atomic E-state index is 11.4. The predicted octanol–water partition coefficient (Wildman–Crippen LogP) is 3.59. The molecule has 0 aliphatic rings. The molecule has 0 fully saturated rings. The summed E-state index contributed by atoms with van der Waals surface area (Å²) in [6.45, 7) is 1.97. The lowest BCUT2D eigenvalue weighted by atomic mass is 10.1. The predicted molar refractivity (Wildman–Crippen MR) is 83.5 cm³/mol. The molecule has 3 aromatic rings. The number of aromatic nitrogens is 3. The first kappa shape index (κ1) is 14.3. The Bertz CT molecular complexity index is 841. The van der Waals surface area contributed by atoms with E-state index in [2.05, 4.69) is 10.3 Å². The molecule has 0 saturated heterocycles. The van der Waals surface area contributed by atoms with E-state index in [1.807, 2.05) is 31.2 Å². The second-order valence-corrected chi connectivity index (χ2v) is 5.23. The maximum Gasteiger partial charge on any atom is 0.358 e. The largest absolute Gasteiger partial charge is 0.476 e. The number of benzene rings is 2. The van der Waals surface area contributed by atoms with Crippen LogP contribution >= 0.6 is 11.6 Å². The first-order valence-electron chi connectivity index (χ1n) is 6.59. The summed E-state index contributed by atoms with van der Waals surface area (Å²) in [6, 6.07) is 14.6. The van der Waals surface area contributed by atoms with Crippen LogP contribution in [0.25, 0.3) is 16.9 Å². The van der Waals surface area contributed by atoms with Crippen LogP contribution in [0, 0.1) is 6.92 Å². The van der Waals surface area contributed by atoms with Gasteiger partial charge in [-0.25, -0.2) is 9.48 Å². The fraction of sp³-hybridized carbons (Fsp3) is 0.0625. The number of nitrogens with zero attached hydrogens (tertiary/aromatic N) is 3. The summed E-state index contributed by atoms with van der Waals surface area (Å²) >= 11 is 6.22. The van der Waals surface area contributed by atoms with Crippen LogP contribution in [0.15, 0.2) is 48.5 Å². The van der Waals surface area contributed by atoms with Gasteiger partial charge in [0.05, 0.1) is 10.7 Å². The molecule has 110 valence electrons. The molecule has 0 radical (unpaired) electrons. The number of rotatable bonds is 3. The molecule has 2 aromatic carbocycles. The summed E-state index contributed by atoms with van der Waals surface area (Å²) in [7, 11) is 0. The molecule has 1 heterocycles. The summed E-state index contributed by atoms with van der Waals surface area (Å²) in [6.07, 6.45) is 0. The van der Waals surface area contributed by atoms with Gasteiger partial charge in [0, 0.05) is 5.56 Å². The van der Waals surface area contributed by atoms with Crippen molar-refractivity contribution in [1.29, 1.82) is 0 Å². The molecule has 0 amide bonds. The standard InChI is InChI=1S/C16H12ClN3O2/c1-10-6-8-11(9-7-10)20-15(14(16(21)22)18-19-20)12-4-2-3-5-13(12)17/h2-9H,1H3,(H,21,22). The van der Waals surface area contributed by atoms with Crippen molar-refractivity contribution in [2.45, 2.75) is 6.92 Å². The van der Waals surface area contributed by atoms with Gasteiger partial charge in [-0.15, -0.1) is 5.10 Å². The number of aromatic carboxylic acids is 1. The molecule has 0 aliphatic heterocycles. The Morgan fingerprint density at radius 2 is 1.82 bits per heavy atom. The summed E-state index contributed by atoms with van der Waals surface area (Å²) in [4.78, 5) is 11.4. The van der Waals surface area contributed by atoms with Crippen LogP contribution in [-0.4, -0.2) is 26.1 Å². The molecule has 3 rings (SSSR count). The van der Waals surface area contributed by atoms with Gasteiger partial charge < -0.3 is 5.11 Å². The van der Waals surface area contributed by atoms with Gasteiger partial charge in [0.25, 0.3) is 0 Å². The molecule has 0 saturated carbocycles. The highest BCUT2D eigenvalue weighted by atomic mass is 35.5. The highest BCUT2D eigenvalue weighted by molar-refractivity contribution is 6.33. The topological polar surface area (TPSA) is 68.0 Å². The van der Waals surface area contributed by atoms with Gasteiger partial charge >= 0.3 is 5.97 Å². The number of hydrogen-bond acceptors (Lipinski definition) is 3. The molecule has 5 nitrogen and oxygen atoms in total. The van der Waals surface area contributed by atoms with Crippen LogP contribution in [-0.2, 0) is 0 Å². The Balaban J connectivity index is 2.27. The number of carbonyl (C=O) groups is 1. The van der Waals surface area contributed by atoms with Gasteiger partial charge in [-0.3, -0.25) is 0 Å². The minimum atomic E-state index is -1.15. The zero-order valence-electron chi connectivity index (χ0n) is 11.7. The van der Waals surface area contributed by atoms with Crippen molar-refractivity contribution in [1.82, 2.24) is 15.0 Å². The zero-order valence-corrected chi connectivity index (χ0v) is 12.4. The van der Waals surface area contributed by atoms with E-state index in [-0.39, 0.29) is 5.69 Å². The fourth-order valence-corrected chi connectivity index (χ4v) is 2.41. The van der Waals surface area contributed by atoms with Crippen LogP contribution in [0.4, 0.5) is 0 Å². The van der Waals surface area contributed by atoms with Crippen LogP contribution in [0.2, 0.25) is 5.02 Å². The van der Waals surface area contributed by atoms with E-state index in [0.717, 1.165) is 11.3 Å². The fourth-order valence-electron chi connectivity index (χ4n) is 2.19. The number of carboxylic acids is 1. The van der Waals surface area contributed by atoms with E-state index in [4.69, 9.17) is 11.6 Å². The van der Waals surface area contributed by atoms with Crippen LogP contribution in [0.3, 0.4) is 0 Å². The van der Waals surface area contributed by atoms with Gasteiger partial charge in [0.15, 0.2) is 5.69 Å². The SMILES string of the molecule is Cc1ccc(-n2nnc(C(=O)O)c2-c2ccccc2Cl)cc1. The van der Waals surface area contributed by atoms with Crippen LogP contribution in [0.5, 0.6) is 0 Å². The average Bonchev–Trinajstić information content (AvgIpc) is 2.93. The quantitative estimate of drug-likeness (QED) is 0.802. The lowest BCUT2D eigenvalue weighted by molar-refractivity contribution is 0.0691. The van der Waals surface area contributed by atoms with Gasteiger partial charge in [0.1, 0.15) is 5.69 Å². The van der Waals surface area contributed by atoms with Gasteiger partial charge in [-0.1, -0.05) is 52.7 Å². The molecular weight excluding hydrogens is 302 g/mol. The lowest BCUT2D eigenvalue weighted by Crippen LogP contribution is -2.03. The van der Waals surface area contributed by atoms with E-state index >= 15 is 0 Å². The van der Waals surface area contributed by atoms with Crippen molar-refractivity contribution >= 4 is 17.6 Å². The third kappa shape index (κ3) is 2.46. The van der Waals surface area contributed by atoms with Gasteiger partial charge in [-0.2, -0.15) is 0 Å². The Hall–Kier alpha value is -2.66. The lowest BCUT2D eigenvalue weighted by Gasteiger charge is -2.09. The molecule has 0 bridgehead atoms. The maximum absolute atomic E-state index is 11.4. The van der Waals surface area contributed by atoms with Crippen LogP contribution < -0.4 is 0 Å². The van der Waals surface area contributed by atoms with Gasteiger partial charge in [-0.05, 0) is 25.1 Å². The average molecular weight is 314 g/mol. The first-order valence-corrected chi connectivity index (χ1v) is 6.96. The summed E-state index contributed by atoms with van der Waals surface area (Å²) < 4.78 is 1.49. The van der Waals surface area contributed by atoms with Crippen molar-refractivity contribution in [3.05, 3.63) is 64.8 Å². The van der Waals surface area contributed by atoms with Crippen molar-refractivity contribution in [2.75, 3.05) is 0 Å². The third-order valence-corrected chi connectivity index (χ3v) is 3.61. The molecule has 1 aromatic heterocycles. The molecule has 0 spiro atoms. The van der Waals surface area contributed by atoms with Crippen molar-refractivity contribution in [2.24, 2.45) is 0 Å². The minimum Gasteiger partial charge on any atom is -0.476 e. The monoisotopic (exact) mass is 313 g/mol. The first-order chi connectivity index (χ1) is 10.6. The van der Waals surface area contributed by atoms with Crippen LogP contribution in [0.1, 0.15) is 16.1 Å². The number of carboxylic acid groups (broad SMARTS) is 1. The van der Waals surface area contributed by atoms with E-state index < -0.39 is 5.97 Å². The van der Waals surface area contributed by atoms with Gasteiger partial charge in [0.2, 0.25) is 0 Å². The number of halogens is 1. The highest BCUT2D eigenvalue weighted by Gasteiger charge is 2.22. The third-order valence-electron chi connectivity index (χ3n) is 3.28. The second-order valence-electron chi connectivity index (χ2n) is 4.82. The second kappa shape index (κ2) is 5.61. The van der Waals surface area contributed by atoms with E-state index in [0.29, 0.717) is 16.3 Å². The van der Waals surface area contributed by atoms with Crippen molar-refractivity contribution in [3.63, 3.8) is 0 Å². The number of aryl methyl sites for hydroxylation is 1. The van der Waals surface area contributed by atoms with E-state index in [1.165, 1.54) is 4.68 Å². The molecule has 6 heteroatoms. The smallest absolute Gasteiger partial charge is 0.358 e. The van der Waals surface area contributed by atoms with Crippen molar-refractivity contribution < 1.29 is 9.90 Å². The molecule has 22 heavy (non-hydrogen) atoms. The highest BCUT2D eigenvalue weighted by Crippen LogP contribution is 2.31. The normalized spacial score (nSPS) is 10.6. The molecular formula is C16H12ClN3O2. The Morgan fingerprint density at radius 1 is 1.14 bits per heavy atom.